The van der Waals surface area contributed by atoms with Crippen molar-refractivity contribution >= 4 is 17.7 Å². The lowest BCUT2D eigenvalue weighted by Crippen LogP contribution is -2.50. The topological polar surface area (TPSA) is 126 Å². The summed E-state index contributed by atoms with van der Waals surface area (Å²) in [5.74, 6) is 0.734. The molecule has 1 aliphatic carbocycles. The molecule has 1 saturated carbocycles. The first-order valence-electron chi connectivity index (χ1n) is 12.4. The first-order valence-corrected chi connectivity index (χ1v) is 12.4. The van der Waals surface area contributed by atoms with E-state index in [0.29, 0.717) is 11.5 Å². The molecular formula is C27H32N4O5. The number of likely N-dealkylation sites (N-methyl/N-ethyl adjacent to an activating group) is 1. The van der Waals surface area contributed by atoms with E-state index in [4.69, 9.17) is 8.83 Å². The fourth-order valence-electron chi connectivity index (χ4n) is 4.51. The number of carbonyl (C=O) groups is 3. The molecule has 3 N–H and O–H groups in total. The van der Waals surface area contributed by atoms with E-state index in [2.05, 4.69) is 20.9 Å². The zero-order chi connectivity index (χ0) is 25.5. The molecule has 3 heterocycles. The summed E-state index contributed by atoms with van der Waals surface area (Å²) in [7, 11) is 1.58. The number of hydrogen-bond donors (Lipinski definition) is 3. The van der Waals surface area contributed by atoms with E-state index >= 15 is 0 Å². The van der Waals surface area contributed by atoms with Gasteiger partial charge in [-0.05, 0) is 60.7 Å². The number of hydrogen-bond acceptors (Lipinski definition) is 6. The lowest BCUT2D eigenvalue weighted by molar-refractivity contribution is -0.124. The van der Waals surface area contributed by atoms with E-state index in [0.717, 1.165) is 49.8 Å². The first kappa shape index (κ1) is 25.2. The van der Waals surface area contributed by atoms with Crippen LogP contribution in [-0.4, -0.2) is 35.8 Å². The molecule has 3 aromatic heterocycles. The molecule has 36 heavy (non-hydrogen) atoms. The van der Waals surface area contributed by atoms with Gasteiger partial charge >= 0.3 is 0 Å². The van der Waals surface area contributed by atoms with E-state index in [1.165, 1.54) is 0 Å². The SMILES string of the molecule is CCc1ccc(C(=O)NCc2ccnc(-c3ccc(C(=O)N[C@H](C(=O)NC)C4CCCCC4)o3)c2)o1. The van der Waals surface area contributed by atoms with Crippen LogP contribution in [0.15, 0.2) is 51.4 Å². The van der Waals surface area contributed by atoms with Crippen LogP contribution >= 0.6 is 0 Å². The minimum atomic E-state index is -0.594. The second-order valence-corrected chi connectivity index (χ2v) is 8.98. The summed E-state index contributed by atoms with van der Waals surface area (Å²) in [6.45, 7) is 2.24. The third kappa shape index (κ3) is 6.02. The van der Waals surface area contributed by atoms with E-state index in [1.807, 2.05) is 6.92 Å². The van der Waals surface area contributed by atoms with Crippen LogP contribution in [0.1, 0.15) is 71.5 Å². The highest BCUT2D eigenvalue weighted by Gasteiger charge is 2.31. The van der Waals surface area contributed by atoms with Crippen molar-refractivity contribution in [2.45, 2.75) is 58.0 Å². The van der Waals surface area contributed by atoms with Gasteiger partial charge in [0.1, 0.15) is 17.5 Å². The fourth-order valence-corrected chi connectivity index (χ4v) is 4.51. The Hall–Kier alpha value is -3.88. The summed E-state index contributed by atoms with van der Waals surface area (Å²) in [5, 5.41) is 8.35. The molecule has 0 unspecified atom stereocenters. The number of pyridine rings is 1. The van der Waals surface area contributed by atoms with Crippen molar-refractivity contribution in [1.82, 2.24) is 20.9 Å². The zero-order valence-electron chi connectivity index (χ0n) is 20.6. The van der Waals surface area contributed by atoms with Crippen LogP contribution in [0.5, 0.6) is 0 Å². The largest absolute Gasteiger partial charge is 0.456 e. The molecule has 9 heteroatoms. The van der Waals surface area contributed by atoms with Gasteiger partial charge in [-0.2, -0.15) is 0 Å². The summed E-state index contributed by atoms with van der Waals surface area (Å²) >= 11 is 0. The van der Waals surface area contributed by atoms with Crippen molar-refractivity contribution in [2.75, 3.05) is 7.05 Å². The third-order valence-corrected chi connectivity index (χ3v) is 6.53. The maximum Gasteiger partial charge on any atom is 0.287 e. The number of furan rings is 2. The summed E-state index contributed by atoms with van der Waals surface area (Å²) in [5.41, 5.74) is 1.34. The van der Waals surface area contributed by atoms with Crippen molar-refractivity contribution in [3.63, 3.8) is 0 Å². The van der Waals surface area contributed by atoms with Gasteiger partial charge in [-0.25, -0.2) is 0 Å². The number of nitrogens with one attached hydrogen (secondary N) is 3. The Balaban J connectivity index is 1.40. The molecule has 1 atom stereocenters. The standard InChI is InChI=1S/C27H32N4O5/c1-3-19-9-10-22(35-19)25(32)30-16-17-13-14-29-20(15-17)21-11-12-23(36-21)26(33)31-24(27(34)28-2)18-7-5-4-6-8-18/h9-15,18,24H,3-8,16H2,1-2H3,(H,28,34)(H,30,32)(H,31,33)/t24-/m0/s1. The monoisotopic (exact) mass is 492 g/mol. The van der Waals surface area contributed by atoms with E-state index in [9.17, 15) is 14.4 Å². The van der Waals surface area contributed by atoms with Gasteiger partial charge in [0, 0.05) is 26.2 Å². The van der Waals surface area contributed by atoms with Gasteiger partial charge in [0.25, 0.3) is 11.8 Å². The number of aromatic nitrogens is 1. The maximum atomic E-state index is 12.9. The number of rotatable bonds is 9. The minimum Gasteiger partial charge on any atom is -0.456 e. The highest BCUT2D eigenvalue weighted by atomic mass is 16.4. The second-order valence-electron chi connectivity index (χ2n) is 8.98. The lowest BCUT2D eigenvalue weighted by Gasteiger charge is -2.29. The molecule has 9 nitrogen and oxygen atoms in total. The summed E-state index contributed by atoms with van der Waals surface area (Å²) in [6, 6.07) is 9.67. The summed E-state index contributed by atoms with van der Waals surface area (Å²) in [4.78, 5) is 42.0. The fraction of sp³-hybridized carbons (Fsp3) is 0.407. The Morgan fingerprint density at radius 2 is 1.75 bits per heavy atom. The predicted octanol–water partition coefficient (Wildman–Crippen LogP) is 3.85. The molecule has 0 saturated heterocycles. The lowest BCUT2D eigenvalue weighted by atomic mass is 9.83. The Bertz CT molecular complexity index is 1210. The highest BCUT2D eigenvalue weighted by Crippen LogP contribution is 2.27. The summed E-state index contributed by atoms with van der Waals surface area (Å²) < 4.78 is 11.3. The van der Waals surface area contributed by atoms with Crippen LogP contribution < -0.4 is 16.0 Å². The number of nitrogens with zero attached hydrogens (tertiary/aromatic N) is 1. The Labute approximate surface area is 210 Å². The molecule has 1 aliphatic rings. The minimum absolute atomic E-state index is 0.111. The number of aryl methyl sites for hydroxylation is 1. The van der Waals surface area contributed by atoms with Gasteiger partial charge < -0.3 is 24.8 Å². The molecule has 0 aromatic carbocycles. The van der Waals surface area contributed by atoms with Crippen molar-refractivity contribution in [2.24, 2.45) is 5.92 Å². The van der Waals surface area contributed by atoms with Gasteiger partial charge in [0.15, 0.2) is 17.3 Å². The van der Waals surface area contributed by atoms with Crippen LogP contribution in [0.25, 0.3) is 11.5 Å². The zero-order valence-corrected chi connectivity index (χ0v) is 20.6. The Morgan fingerprint density at radius 3 is 2.47 bits per heavy atom. The second kappa shape index (κ2) is 11.7. The molecular weight excluding hydrogens is 460 g/mol. The molecule has 0 bridgehead atoms. The quantitative estimate of drug-likeness (QED) is 0.416. The molecule has 190 valence electrons. The number of carbonyl (C=O) groups excluding carboxylic acids is 3. The van der Waals surface area contributed by atoms with Gasteiger partial charge in [-0.1, -0.05) is 26.2 Å². The van der Waals surface area contributed by atoms with Gasteiger partial charge in [0.05, 0.1) is 0 Å². The number of amides is 3. The molecule has 0 spiro atoms. The van der Waals surface area contributed by atoms with Gasteiger partial charge in [0.2, 0.25) is 5.91 Å². The molecule has 1 fully saturated rings. The van der Waals surface area contributed by atoms with Gasteiger partial charge in [-0.3, -0.25) is 19.4 Å². The molecule has 4 rings (SSSR count). The molecule has 3 aromatic rings. The van der Waals surface area contributed by atoms with E-state index < -0.39 is 11.9 Å². The van der Waals surface area contributed by atoms with E-state index in [1.54, 1.807) is 49.6 Å². The molecule has 0 radical (unpaired) electrons. The Kier molecular flexibility index (Phi) is 8.20. The average molecular weight is 493 g/mol. The predicted molar refractivity (Wildman–Crippen MR) is 133 cm³/mol. The molecule has 0 aliphatic heterocycles. The third-order valence-electron chi connectivity index (χ3n) is 6.53. The first-order chi connectivity index (χ1) is 17.5. The average Bonchev–Trinajstić information content (AvgIpc) is 3.61. The molecule has 3 amide bonds. The van der Waals surface area contributed by atoms with Crippen LogP contribution in [0.2, 0.25) is 0 Å². The van der Waals surface area contributed by atoms with Crippen molar-refractivity contribution < 1.29 is 23.2 Å². The van der Waals surface area contributed by atoms with Gasteiger partial charge in [-0.15, -0.1) is 0 Å². The van der Waals surface area contributed by atoms with Crippen LogP contribution in [0.4, 0.5) is 0 Å². The highest BCUT2D eigenvalue weighted by molar-refractivity contribution is 5.96. The normalized spacial score (nSPS) is 14.7. The van der Waals surface area contributed by atoms with Crippen molar-refractivity contribution in [3.05, 3.63) is 65.4 Å². The van der Waals surface area contributed by atoms with Crippen molar-refractivity contribution in [1.29, 1.82) is 0 Å². The maximum absolute atomic E-state index is 12.9. The smallest absolute Gasteiger partial charge is 0.287 e. The van der Waals surface area contributed by atoms with Crippen LogP contribution in [-0.2, 0) is 17.8 Å². The van der Waals surface area contributed by atoms with Crippen molar-refractivity contribution in [3.8, 4) is 11.5 Å². The van der Waals surface area contributed by atoms with Crippen LogP contribution in [0.3, 0.4) is 0 Å². The Morgan fingerprint density at radius 1 is 1.00 bits per heavy atom. The van der Waals surface area contributed by atoms with E-state index in [-0.39, 0.29) is 35.8 Å². The summed E-state index contributed by atoms with van der Waals surface area (Å²) in [6.07, 6.45) is 7.43. The van der Waals surface area contributed by atoms with Crippen LogP contribution in [0, 0.1) is 5.92 Å².